The monoisotopic (exact) mass is 180 g/mol. The standard InChI is InChI=1S/C9H16N4/c1-3-7(2)12-6-9-11-5-4-8(10)13-9/h4-5,7,12H,3,6H2,1-2H3,(H2,10,11,13). The molecular weight excluding hydrogens is 164 g/mol. The molecule has 4 nitrogen and oxygen atoms in total. The van der Waals surface area contributed by atoms with E-state index in [9.17, 15) is 0 Å². The van der Waals surface area contributed by atoms with E-state index < -0.39 is 0 Å². The van der Waals surface area contributed by atoms with Crippen LogP contribution >= 0.6 is 0 Å². The van der Waals surface area contributed by atoms with Crippen molar-refractivity contribution >= 4 is 5.82 Å². The number of hydrogen-bond donors (Lipinski definition) is 2. The van der Waals surface area contributed by atoms with Gasteiger partial charge in [0.2, 0.25) is 0 Å². The Bertz CT molecular complexity index is 262. The highest BCUT2D eigenvalue weighted by molar-refractivity contribution is 5.24. The molecule has 1 atom stereocenters. The van der Waals surface area contributed by atoms with E-state index in [2.05, 4.69) is 29.1 Å². The van der Waals surface area contributed by atoms with Crippen molar-refractivity contribution in [2.24, 2.45) is 0 Å². The zero-order valence-corrected chi connectivity index (χ0v) is 8.12. The predicted molar refractivity (Wildman–Crippen MR) is 53.0 cm³/mol. The van der Waals surface area contributed by atoms with E-state index in [4.69, 9.17) is 5.73 Å². The van der Waals surface area contributed by atoms with Crippen molar-refractivity contribution in [1.82, 2.24) is 15.3 Å². The second kappa shape index (κ2) is 4.77. The molecule has 0 bridgehead atoms. The summed E-state index contributed by atoms with van der Waals surface area (Å²) in [6, 6.07) is 2.18. The van der Waals surface area contributed by atoms with E-state index in [1.807, 2.05) is 0 Å². The Kier molecular flexibility index (Phi) is 3.64. The molecule has 0 fully saturated rings. The highest BCUT2D eigenvalue weighted by atomic mass is 15.0. The summed E-state index contributed by atoms with van der Waals surface area (Å²) in [5.74, 6) is 1.27. The molecule has 4 heteroatoms. The summed E-state index contributed by atoms with van der Waals surface area (Å²) >= 11 is 0. The van der Waals surface area contributed by atoms with Crippen LogP contribution in [0.4, 0.5) is 5.82 Å². The fraction of sp³-hybridized carbons (Fsp3) is 0.556. The van der Waals surface area contributed by atoms with E-state index in [1.165, 1.54) is 0 Å². The van der Waals surface area contributed by atoms with Gasteiger partial charge in [0, 0.05) is 12.2 Å². The molecule has 0 aliphatic carbocycles. The molecule has 3 N–H and O–H groups in total. The summed E-state index contributed by atoms with van der Waals surface area (Å²) in [7, 11) is 0. The van der Waals surface area contributed by atoms with Gasteiger partial charge >= 0.3 is 0 Å². The van der Waals surface area contributed by atoms with E-state index in [0.29, 0.717) is 18.4 Å². The second-order valence-corrected chi connectivity index (χ2v) is 3.09. The van der Waals surface area contributed by atoms with Gasteiger partial charge < -0.3 is 11.1 Å². The fourth-order valence-electron chi connectivity index (χ4n) is 0.910. The highest BCUT2D eigenvalue weighted by Gasteiger charge is 1.99. The Morgan fingerprint density at radius 1 is 1.62 bits per heavy atom. The molecule has 0 aromatic carbocycles. The van der Waals surface area contributed by atoms with Crippen molar-refractivity contribution in [2.75, 3.05) is 5.73 Å². The van der Waals surface area contributed by atoms with Crippen LogP contribution in [0, 0.1) is 0 Å². The van der Waals surface area contributed by atoms with Crippen molar-refractivity contribution in [3.63, 3.8) is 0 Å². The van der Waals surface area contributed by atoms with Gasteiger partial charge in [-0.25, -0.2) is 9.97 Å². The van der Waals surface area contributed by atoms with Crippen LogP contribution in [-0.2, 0) is 6.54 Å². The Morgan fingerprint density at radius 2 is 2.38 bits per heavy atom. The maximum atomic E-state index is 5.52. The zero-order valence-electron chi connectivity index (χ0n) is 8.12. The summed E-state index contributed by atoms with van der Waals surface area (Å²) < 4.78 is 0. The van der Waals surface area contributed by atoms with Crippen molar-refractivity contribution in [2.45, 2.75) is 32.9 Å². The molecule has 0 aliphatic heterocycles. The molecule has 72 valence electrons. The highest BCUT2D eigenvalue weighted by Crippen LogP contribution is 1.97. The topological polar surface area (TPSA) is 63.8 Å². The normalized spacial score (nSPS) is 12.8. The molecule has 13 heavy (non-hydrogen) atoms. The van der Waals surface area contributed by atoms with Crippen molar-refractivity contribution < 1.29 is 0 Å². The third kappa shape index (κ3) is 3.38. The molecule has 0 saturated heterocycles. The first-order valence-corrected chi connectivity index (χ1v) is 4.53. The van der Waals surface area contributed by atoms with Gasteiger partial charge in [0.25, 0.3) is 0 Å². The first-order valence-electron chi connectivity index (χ1n) is 4.53. The van der Waals surface area contributed by atoms with E-state index in [-0.39, 0.29) is 0 Å². The number of rotatable bonds is 4. The average molecular weight is 180 g/mol. The Hall–Kier alpha value is -1.16. The molecule has 0 spiro atoms. The SMILES string of the molecule is CCC(C)NCc1nccc(N)n1. The largest absolute Gasteiger partial charge is 0.384 e. The minimum absolute atomic E-state index is 0.491. The first kappa shape index (κ1) is 9.92. The van der Waals surface area contributed by atoms with E-state index in [1.54, 1.807) is 12.3 Å². The van der Waals surface area contributed by atoms with Gasteiger partial charge in [0.05, 0.1) is 6.54 Å². The van der Waals surface area contributed by atoms with Gasteiger partial charge in [-0.1, -0.05) is 6.92 Å². The Balaban J connectivity index is 2.45. The molecule has 1 heterocycles. The van der Waals surface area contributed by atoms with Crippen molar-refractivity contribution in [3.8, 4) is 0 Å². The lowest BCUT2D eigenvalue weighted by Crippen LogP contribution is -2.25. The fourth-order valence-corrected chi connectivity index (χ4v) is 0.910. The molecule has 1 unspecified atom stereocenters. The summed E-state index contributed by atoms with van der Waals surface area (Å²) in [4.78, 5) is 8.18. The predicted octanol–water partition coefficient (Wildman–Crippen LogP) is 0.947. The van der Waals surface area contributed by atoms with Crippen molar-refractivity contribution in [3.05, 3.63) is 18.1 Å². The third-order valence-electron chi connectivity index (χ3n) is 1.95. The minimum Gasteiger partial charge on any atom is -0.384 e. The van der Waals surface area contributed by atoms with Crippen LogP contribution in [0.15, 0.2) is 12.3 Å². The maximum Gasteiger partial charge on any atom is 0.144 e. The van der Waals surface area contributed by atoms with E-state index in [0.717, 1.165) is 12.2 Å². The van der Waals surface area contributed by atoms with Crippen LogP contribution in [-0.4, -0.2) is 16.0 Å². The number of nitrogens with one attached hydrogen (secondary N) is 1. The Labute approximate surface area is 78.6 Å². The number of nitrogen functional groups attached to an aromatic ring is 1. The van der Waals surface area contributed by atoms with Crippen LogP contribution in [0.1, 0.15) is 26.1 Å². The summed E-state index contributed by atoms with van der Waals surface area (Å²) in [5, 5.41) is 3.30. The lowest BCUT2D eigenvalue weighted by molar-refractivity contribution is 0.523. The molecule has 1 aromatic heterocycles. The van der Waals surface area contributed by atoms with E-state index >= 15 is 0 Å². The van der Waals surface area contributed by atoms with Gasteiger partial charge in [-0.2, -0.15) is 0 Å². The molecule has 0 amide bonds. The van der Waals surface area contributed by atoms with Crippen LogP contribution in [0.2, 0.25) is 0 Å². The molecular formula is C9H16N4. The number of hydrogen-bond acceptors (Lipinski definition) is 4. The zero-order chi connectivity index (χ0) is 9.68. The van der Waals surface area contributed by atoms with Gasteiger partial charge in [0.15, 0.2) is 0 Å². The van der Waals surface area contributed by atoms with Crippen LogP contribution in [0.25, 0.3) is 0 Å². The van der Waals surface area contributed by atoms with Gasteiger partial charge in [-0.05, 0) is 19.4 Å². The number of nitrogens with two attached hydrogens (primary N) is 1. The summed E-state index contributed by atoms with van der Waals surface area (Å²) in [6.45, 7) is 4.95. The third-order valence-corrected chi connectivity index (χ3v) is 1.95. The molecule has 0 aliphatic rings. The van der Waals surface area contributed by atoms with Gasteiger partial charge in [-0.15, -0.1) is 0 Å². The Morgan fingerprint density at radius 3 is 3.00 bits per heavy atom. The van der Waals surface area contributed by atoms with Crippen LogP contribution in [0.5, 0.6) is 0 Å². The van der Waals surface area contributed by atoms with Crippen LogP contribution < -0.4 is 11.1 Å². The number of aromatic nitrogens is 2. The van der Waals surface area contributed by atoms with Gasteiger partial charge in [-0.3, -0.25) is 0 Å². The lowest BCUT2D eigenvalue weighted by atomic mass is 10.2. The van der Waals surface area contributed by atoms with Gasteiger partial charge in [0.1, 0.15) is 11.6 Å². The number of anilines is 1. The summed E-state index contributed by atoms with van der Waals surface area (Å²) in [6.07, 6.45) is 2.78. The minimum atomic E-state index is 0.491. The quantitative estimate of drug-likeness (QED) is 0.724. The maximum absolute atomic E-state index is 5.52. The average Bonchev–Trinajstić information content (AvgIpc) is 2.14. The number of nitrogens with zero attached hydrogens (tertiary/aromatic N) is 2. The van der Waals surface area contributed by atoms with Crippen molar-refractivity contribution in [1.29, 1.82) is 0 Å². The second-order valence-electron chi connectivity index (χ2n) is 3.09. The molecule has 1 aromatic rings. The molecule has 1 rings (SSSR count). The summed E-state index contributed by atoms with van der Waals surface area (Å²) in [5.41, 5.74) is 5.52. The lowest BCUT2D eigenvalue weighted by Gasteiger charge is -2.09. The first-order chi connectivity index (χ1) is 6.22. The smallest absolute Gasteiger partial charge is 0.144 e. The molecule has 0 saturated carbocycles. The molecule has 0 radical (unpaired) electrons. The van der Waals surface area contributed by atoms with Crippen LogP contribution in [0.3, 0.4) is 0 Å².